The third-order valence-electron chi connectivity index (χ3n) is 5.15. The summed E-state index contributed by atoms with van der Waals surface area (Å²) in [5.41, 5.74) is 10.3. The van der Waals surface area contributed by atoms with Gasteiger partial charge in [0.1, 0.15) is 11.1 Å². The van der Waals surface area contributed by atoms with Crippen LogP contribution in [0.15, 0.2) is 52.1 Å². The van der Waals surface area contributed by atoms with E-state index < -0.39 is 11.3 Å². The van der Waals surface area contributed by atoms with E-state index in [4.69, 9.17) is 21.9 Å². The van der Waals surface area contributed by atoms with Gasteiger partial charge in [0.05, 0.1) is 11.9 Å². The second-order valence-electron chi connectivity index (χ2n) is 7.54. The molecule has 1 atom stereocenters. The van der Waals surface area contributed by atoms with E-state index in [1.807, 2.05) is 12.1 Å². The molecule has 3 heterocycles. The van der Waals surface area contributed by atoms with Crippen molar-refractivity contribution in [3.8, 4) is 22.7 Å². The van der Waals surface area contributed by atoms with Crippen LogP contribution < -0.4 is 11.1 Å². The highest BCUT2D eigenvalue weighted by Gasteiger charge is 2.21. The molecule has 5 rings (SSSR count). The maximum absolute atomic E-state index is 11.5. The summed E-state index contributed by atoms with van der Waals surface area (Å²) in [6.45, 7) is 0.863. The third kappa shape index (κ3) is 4.26. The standard InChI is InChI=1S/C22H19ClN6O2/c23-16-7-14(10-27-22(16)30)18-11-26-21(24)20(28-18)19-8-17(29-31-19)13-3-1-12(2-4-13)9-25-15-5-6-15/h1-4,7-8,10-11,15-16,25H,5-6,9H2,(H2,24,26). The van der Waals surface area contributed by atoms with Crippen LogP contribution in [0.5, 0.6) is 0 Å². The highest BCUT2D eigenvalue weighted by atomic mass is 35.5. The molecule has 1 fully saturated rings. The number of nitrogens with one attached hydrogen (secondary N) is 1. The van der Waals surface area contributed by atoms with Crippen molar-refractivity contribution in [3.05, 3.63) is 53.9 Å². The molecule has 1 aromatic carbocycles. The predicted molar refractivity (Wildman–Crippen MR) is 118 cm³/mol. The Morgan fingerprint density at radius 3 is 2.74 bits per heavy atom. The zero-order valence-corrected chi connectivity index (χ0v) is 17.2. The molecule has 3 N–H and O–H groups in total. The van der Waals surface area contributed by atoms with Crippen molar-refractivity contribution in [2.75, 3.05) is 5.73 Å². The number of allylic oxidation sites excluding steroid dienone is 1. The first kappa shape index (κ1) is 19.6. The molecule has 2 aromatic heterocycles. The van der Waals surface area contributed by atoms with E-state index >= 15 is 0 Å². The van der Waals surface area contributed by atoms with Gasteiger partial charge >= 0.3 is 0 Å². The molecule has 2 aliphatic rings. The van der Waals surface area contributed by atoms with Crippen LogP contribution in [-0.2, 0) is 11.3 Å². The van der Waals surface area contributed by atoms with Gasteiger partial charge in [-0.25, -0.2) is 15.0 Å². The van der Waals surface area contributed by atoms with Gasteiger partial charge in [0.15, 0.2) is 17.3 Å². The lowest BCUT2D eigenvalue weighted by Crippen LogP contribution is -2.15. The smallest absolute Gasteiger partial charge is 0.267 e. The number of aliphatic imine (C=N–C) groups is 1. The molecule has 0 spiro atoms. The van der Waals surface area contributed by atoms with Gasteiger partial charge in [0.2, 0.25) is 0 Å². The van der Waals surface area contributed by atoms with Crippen LogP contribution in [0.2, 0.25) is 0 Å². The Hall–Kier alpha value is -3.36. The molecule has 1 unspecified atom stereocenters. The Morgan fingerprint density at radius 2 is 2.00 bits per heavy atom. The molecular weight excluding hydrogens is 416 g/mol. The molecule has 156 valence electrons. The van der Waals surface area contributed by atoms with Crippen molar-refractivity contribution in [1.82, 2.24) is 20.4 Å². The number of dihydropyridines is 1. The average Bonchev–Trinajstić information content (AvgIpc) is 3.49. The fourth-order valence-electron chi connectivity index (χ4n) is 3.21. The fourth-order valence-corrected chi connectivity index (χ4v) is 3.40. The molecule has 0 saturated heterocycles. The second-order valence-corrected chi connectivity index (χ2v) is 8.01. The van der Waals surface area contributed by atoms with Crippen LogP contribution in [0.25, 0.3) is 28.3 Å². The number of nitrogens with zero attached hydrogens (tertiary/aromatic N) is 4. The maximum Gasteiger partial charge on any atom is 0.267 e. The zero-order chi connectivity index (χ0) is 21.4. The average molecular weight is 435 g/mol. The summed E-state index contributed by atoms with van der Waals surface area (Å²) in [5.74, 6) is 0.191. The summed E-state index contributed by atoms with van der Waals surface area (Å²) < 4.78 is 5.51. The van der Waals surface area contributed by atoms with E-state index in [1.54, 1.807) is 12.1 Å². The Bertz CT molecular complexity index is 1200. The molecule has 31 heavy (non-hydrogen) atoms. The second kappa shape index (κ2) is 8.05. The molecule has 3 aromatic rings. The molecule has 1 saturated carbocycles. The molecule has 9 heteroatoms. The first-order valence-corrected chi connectivity index (χ1v) is 10.4. The van der Waals surface area contributed by atoms with Crippen molar-refractivity contribution in [1.29, 1.82) is 0 Å². The fraction of sp³-hybridized carbons (Fsp3) is 0.227. The summed E-state index contributed by atoms with van der Waals surface area (Å²) >= 11 is 5.98. The predicted octanol–water partition coefficient (Wildman–Crippen LogP) is 3.23. The van der Waals surface area contributed by atoms with E-state index in [9.17, 15) is 4.79 Å². The topological polar surface area (TPSA) is 119 Å². The van der Waals surface area contributed by atoms with E-state index in [0.29, 0.717) is 34.5 Å². The number of nitrogens with two attached hydrogens (primary N) is 1. The van der Waals surface area contributed by atoms with Crippen LogP contribution in [0, 0.1) is 0 Å². The molecular formula is C22H19ClN6O2. The molecule has 1 aliphatic carbocycles. The monoisotopic (exact) mass is 434 g/mol. The minimum absolute atomic E-state index is 0.208. The van der Waals surface area contributed by atoms with E-state index in [1.165, 1.54) is 30.8 Å². The van der Waals surface area contributed by atoms with Gasteiger partial charge in [-0.1, -0.05) is 29.4 Å². The molecule has 0 radical (unpaired) electrons. The molecule has 0 bridgehead atoms. The highest BCUT2D eigenvalue weighted by molar-refractivity contribution is 6.36. The summed E-state index contributed by atoms with van der Waals surface area (Å²) in [7, 11) is 0. The third-order valence-corrected chi connectivity index (χ3v) is 5.47. The number of alkyl halides is 1. The van der Waals surface area contributed by atoms with Crippen molar-refractivity contribution in [3.63, 3.8) is 0 Å². The first-order chi connectivity index (χ1) is 15.1. The van der Waals surface area contributed by atoms with Crippen LogP contribution in [0.1, 0.15) is 24.1 Å². The zero-order valence-electron chi connectivity index (χ0n) is 16.5. The number of carbonyl (C=O) groups excluding carboxylic acids is 1. The summed E-state index contributed by atoms with van der Waals surface area (Å²) in [6, 6.07) is 10.6. The highest BCUT2D eigenvalue weighted by Crippen LogP contribution is 2.29. The molecule has 8 nitrogen and oxygen atoms in total. The Balaban J connectivity index is 1.38. The molecule has 1 amide bonds. The maximum atomic E-state index is 11.5. The van der Waals surface area contributed by atoms with Gasteiger partial charge in [-0.15, -0.1) is 11.6 Å². The first-order valence-electron chi connectivity index (χ1n) is 9.93. The summed E-state index contributed by atoms with van der Waals surface area (Å²) in [4.78, 5) is 24.0. The van der Waals surface area contributed by atoms with Crippen LogP contribution in [0.3, 0.4) is 0 Å². The lowest BCUT2D eigenvalue weighted by molar-refractivity contribution is -0.116. The number of amides is 1. The summed E-state index contributed by atoms with van der Waals surface area (Å²) in [6.07, 6.45) is 7.02. The number of hydrogen-bond acceptors (Lipinski definition) is 7. The van der Waals surface area contributed by atoms with E-state index in [2.05, 4.69) is 37.6 Å². The SMILES string of the molecule is Nc1ncc(C2=CC(Cl)C(=O)N=C2)nc1-c1cc(-c2ccc(CNC3CC3)cc2)no1. The minimum atomic E-state index is -0.831. The number of benzene rings is 1. The number of halogens is 1. The van der Waals surface area contributed by atoms with Gasteiger partial charge < -0.3 is 15.6 Å². The Kier molecular flexibility index (Phi) is 5.09. The largest absolute Gasteiger partial charge is 0.382 e. The molecule has 1 aliphatic heterocycles. The number of aromatic nitrogens is 3. The van der Waals surface area contributed by atoms with Gasteiger partial charge in [0.25, 0.3) is 5.91 Å². The number of nitrogen functional groups attached to an aromatic ring is 1. The van der Waals surface area contributed by atoms with Crippen molar-refractivity contribution >= 4 is 35.1 Å². The number of carbonyl (C=O) groups is 1. The van der Waals surface area contributed by atoms with Crippen LogP contribution >= 0.6 is 11.6 Å². The van der Waals surface area contributed by atoms with Crippen molar-refractivity contribution in [2.45, 2.75) is 30.8 Å². The van der Waals surface area contributed by atoms with Gasteiger partial charge in [-0.3, -0.25) is 4.79 Å². The normalized spacial score (nSPS) is 18.3. The van der Waals surface area contributed by atoms with Gasteiger partial charge in [-0.2, -0.15) is 0 Å². The van der Waals surface area contributed by atoms with E-state index in [0.717, 1.165) is 12.1 Å². The van der Waals surface area contributed by atoms with Gasteiger partial charge in [0, 0.05) is 36.0 Å². The lowest BCUT2D eigenvalue weighted by atomic mass is 10.1. The lowest BCUT2D eigenvalue weighted by Gasteiger charge is -2.10. The Labute approximate surface area is 183 Å². The number of hydrogen-bond donors (Lipinski definition) is 2. The summed E-state index contributed by atoms with van der Waals surface area (Å²) in [5, 5.41) is 6.83. The van der Waals surface area contributed by atoms with E-state index in [-0.39, 0.29) is 5.82 Å². The minimum Gasteiger partial charge on any atom is -0.382 e. The quantitative estimate of drug-likeness (QED) is 0.571. The van der Waals surface area contributed by atoms with Crippen LogP contribution in [-0.4, -0.2) is 38.7 Å². The Morgan fingerprint density at radius 1 is 1.19 bits per heavy atom. The number of anilines is 1. The number of rotatable bonds is 6. The van der Waals surface area contributed by atoms with Gasteiger partial charge in [-0.05, 0) is 24.5 Å². The van der Waals surface area contributed by atoms with Crippen molar-refractivity contribution in [2.24, 2.45) is 4.99 Å². The van der Waals surface area contributed by atoms with Crippen LogP contribution in [0.4, 0.5) is 5.82 Å². The van der Waals surface area contributed by atoms with Crippen molar-refractivity contribution < 1.29 is 9.32 Å².